The first-order valence-corrected chi connectivity index (χ1v) is 11.7. The summed E-state index contributed by atoms with van der Waals surface area (Å²) in [4.78, 5) is 16.1. The van der Waals surface area contributed by atoms with Gasteiger partial charge in [-0.2, -0.15) is 0 Å². The molecule has 8 heteroatoms. The molecule has 6 nitrogen and oxygen atoms in total. The molecule has 3 aromatic rings. The Balaban J connectivity index is 0.00000385. The molecule has 2 heterocycles. The first-order chi connectivity index (χ1) is 15.5. The van der Waals surface area contributed by atoms with Crippen molar-refractivity contribution in [3.8, 4) is 5.75 Å². The van der Waals surface area contributed by atoms with Gasteiger partial charge >= 0.3 is 0 Å². The highest BCUT2D eigenvalue weighted by atomic mass is 35.5. The lowest BCUT2D eigenvalue weighted by Crippen LogP contribution is -2.21. The van der Waals surface area contributed by atoms with Gasteiger partial charge in [0.15, 0.2) is 5.75 Å². The second kappa shape index (κ2) is 13.4. The van der Waals surface area contributed by atoms with Crippen molar-refractivity contribution >= 4 is 40.6 Å². The maximum Gasteiger partial charge on any atom is 0.223 e. The number of anilines is 1. The zero-order chi connectivity index (χ0) is 22.9. The van der Waals surface area contributed by atoms with Gasteiger partial charge in [0.1, 0.15) is 0 Å². The van der Waals surface area contributed by atoms with Crippen LogP contribution < -0.4 is 16.1 Å². The molecule has 2 aromatic heterocycles. The van der Waals surface area contributed by atoms with E-state index in [2.05, 4.69) is 15.6 Å². The first-order valence-electron chi connectivity index (χ1n) is 11.3. The maximum absolute atomic E-state index is 11.7. The molecular weight excluding hydrogens is 459 g/mol. The van der Waals surface area contributed by atoms with Crippen molar-refractivity contribution in [2.75, 3.05) is 18.4 Å². The number of hydrogen-bond donors (Lipinski definition) is 3. The van der Waals surface area contributed by atoms with Gasteiger partial charge in [-0.25, -0.2) is 0 Å². The SMILES string of the molecule is Cc1cc(=O)c(O)c(CNCCCCCCCCNc2ccnc3cc(Cl)ccc23)n1C.Cl. The van der Waals surface area contributed by atoms with Gasteiger partial charge in [-0.05, 0) is 50.6 Å². The summed E-state index contributed by atoms with van der Waals surface area (Å²) in [5.41, 5.74) is 3.20. The van der Waals surface area contributed by atoms with E-state index in [9.17, 15) is 9.90 Å². The Hall–Kier alpha value is -2.28. The average molecular weight is 493 g/mol. The van der Waals surface area contributed by atoms with Crippen molar-refractivity contribution in [1.29, 1.82) is 0 Å². The standard InChI is InChI=1S/C25H33ClN4O2.ClH/c1-18-15-24(31)25(32)23(30(18)2)17-27-12-7-5-3-4-6-8-13-28-21-11-14-29-22-16-19(26)9-10-20(21)22;/h9-11,14-16,27,32H,3-8,12-13,17H2,1-2H3,(H,28,29);1H. The molecule has 0 spiro atoms. The van der Waals surface area contributed by atoms with E-state index in [1.54, 1.807) is 0 Å². The molecule has 0 amide bonds. The number of nitrogens with zero attached hydrogens (tertiary/aromatic N) is 2. The molecule has 0 aliphatic rings. The van der Waals surface area contributed by atoms with Crippen LogP contribution in [0.25, 0.3) is 10.9 Å². The summed E-state index contributed by atoms with van der Waals surface area (Å²) in [7, 11) is 1.87. The lowest BCUT2D eigenvalue weighted by molar-refractivity contribution is 0.444. The van der Waals surface area contributed by atoms with Gasteiger partial charge in [-0.15, -0.1) is 12.4 Å². The summed E-state index contributed by atoms with van der Waals surface area (Å²) < 4.78 is 1.86. The van der Waals surface area contributed by atoms with Crippen LogP contribution in [-0.2, 0) is 13.6 Å². The molecule has 0 unspecified atom stereocenters. The Morgan fingerprint density at radius 3 is 2.48 bits per heavy atom. The smallest absolute Gasteiger partial charge is 0.223 e. The van der Waals surface area contributed by atoms with Gasteiger partial charge in [0.2, 0.25) is 5.43 Å². The highest BCUT2D eigenvalue weighted by molar-refractivity contribution is 6.31. The molecule has 0 atom stereocenters. The lowest BCUT2D eigenvalue weighted by atomic mass is 10.1. The number of aromatic hydroxyl groups is 1. The Morgan fingerprint density at radius 2 is 1.73 bits per heavy atom. The predicted octanol–water partition coefficient (Wildman–Crippen LogP) is 5.57. The fourth-order valence-electron chi connectivity index (χ4n) is 3.86. The fraction of sp³-hybridized carbons (Fsp3) is 0.440. The van der Waals surface area contributed by atoms with E-state index in [-0.39, 0.29) is 23.6 Å². The molecule has 0 aliphatic heterocycles. The average Bonchev–Trinajstić information content (AvgIpc) is 2.77. The van der Waals surface area contributed by atoms with Gasteiger partial charge < -0.3 is 20.3 Å². The highest BCUT2D eigenvalue weighted by Crippen LogP contribution is 2.24. The largest absolute Gasteiger partial charge is 0.503 e. The van der Waals surface area contributed by atoms with Crippen LogP contribution in [0.4, 0.5) is 5.69 Å². The number of unbranched alkanes of at least 4 members (excludes halogenated alkanes) is 5. The molecule has 0 saturated carbocycles. The van der Waals surface area contributed by atoms with Gasteiger partial charge in [-0.1, -0.05) is 37.3 Å². The van der Waals surface area contributed by atoms with Crippen LogP contribution in [0.5, 0.6) is 5.75 Å². The first kappa shape index (κ1) is 27.0. The molecule has 0 aliphatic carbocycles. The van der Waals surface area contributed by atoms with E-state index in [0.717, 1.165) is 48.2 Å². The number of aryl methyl sites for hydroxylation is 1. The molecule has 0 saturated heterocycles. The van der Waals surface area contributed by atoms with Crippen LogP contribution >= 0.6 is 24.0 Å². The number of benzene rings is 1. The second-order valence-electron chi connectivity index (χ2n) is 8.25. The Labute approximate surface area is 206 Å². The maximum atomic E-state index is 11.7. The van der Waals surface area contributed by atoms with Crippen LogP contribution in [0.1, 0.15) is 49.9 Å². The van der Waals surface area contributed by atoms with Gasteiger partial charge in [0.05, 0.1) is 11.2 Å². The highest BCUT2D eigenvalue weighted by Gasteiger charge is 2.10. The van der Waals surface area contributed by atoms with Gasteiger partial charge in [-0.3, -0.25) is 9.78 Å². The third-order valence-electron chi connectivity index (χ3n) is 5.87. The van der Waals surface area contributed by atoms with Crippen molar-refractivity contribution in [2.24, 2.45) is 7.05 Å². The van der Waals surface area contributed by atoms with E-state index >= 15 is 0 Å². The summed E-state index contributed by atoms with van der Waals surface area (Å²) in [6.07, 6.45) is 8.85. The minimum atomic E-state index is -0.312. The van der Waals surface area contributed by atoms with Crippen molar-refractivity contribution in [2.45, 2.75) is 52.0 Å². The van der Waals surface area contributed by atoms with Crippen LogP contribution in [0, 0.1) is 6.92 Å². The Morgan fingerprint density at radius 1 is 1.03 bits per heavy atom. The van der Waals surface area contributed by atoms with Gasteiger partial charge in [0, 0.05) is 54.2 Å². The summed E-state index contributed by atoms with van der Waals surface area (Å²) in [5, 5.41) is 18.7. The molecule has 33 heavy (non-hydrogen) atoms. The monoisotopic (exact) mass is 492 g/mol. The van der Waals surface area contributed by atoms with Crippen LogP contribution in [0.15, 0.2) is 41.3 Å². The number of halogens is 2. The van der Waals surface area contributed by atoms with E-state index < -0.39 is 0 Å². The van der Waals surface area contributed by atoms with Crippen LogP contribution in [0.3, 0.4) is 0 Å². The van der Waals surface area contributed by atoms with E-state index in [1.165, 1.54) is 31.7 Å². The Kier molecular flexibility index (Phi) is 11.0. The molecule has 180 valence electrons. The number of pyridine rings is 2. The molecule has 0 bridgehead atoms. The lowest BCUT2D eigenvalue weighted by Gasteiger charge is -2.14. The zero-order valence-electron chi connectivity index (χ0n) is 19.4. The normalized spacial score (nSPS) is 10.9. The molecular formula is C25H34Cl2N4O2. The zero-order valence-corrected chi connectivity index (χ0v) is 20.9. The molecule has 1 aromatic carbocycles. The van der Waals surface area contributed by atoms with E-state index in [4.69, 9.17) is 11.6 Å². The summed E-state index contributed by atoms with van der Waals surface area (Å²) in [6.45, 7) is 4.19. The molecule has 0 fully saturated rings. The van der Waals surface area contributed by atoms with Crippen molar-refractivity contribution < 1.29 is 5.11 Å². The molecule has 0 radical (unpaired) electrons. The van der Waals surface area contributed by atoms with Crippen LogP contribution in [0.2, 0.25) is 5.02 Å². The van der Waals surface area contributed by atoms with E-state index in [0.29, 0.717) is 17.3 Å². The topological polar surface area (TPSA) is 79.2 Å². The van der Waals surface area contributed by atoms with Gasteiger partial charge in [0.25, 0.3) is 0 Å². The van der Waals surface area contributed by atoms with Crippen LogP contribution in [-0.4, -0.2) is 27.7 Å². The fourth-order valence-corrected chi connectivity index (χ4v) is 4.02. The number of aromatic nitrogens is 2. The Bertz CT molecular complexity index is 1100. The predicted molar refractivity (Wildman–Crippen MR) is 140 cm³/mol. The third-order valence-corrected chi connectivity index (χ3v) is 6.11. The second-order valence-corrected chi connectivity index (χ2v) is 8.69. The summed E-state index contributed by atoms with van der Waals surface area (Å²) in [6, 6.07) is 9.28. The van der Waals surface area contributed by atoms with Crippen molar-refractivity contribution in [3.63, 3.8) is 0 Å². The molecule has 3 rings (SSSR count). The quantitative estimate of drug-likeness (QED) is 0.288. The van der Waals surface area contributed by atoms with E-state index in [1.807, 2.05) is 49.0 Å². The summed E-state index contributed by atoms with van der Waals surface area (Å²) >= 11 is 6.05. The minimum Gasteiger partial charge on any atom is -0.503 e. The number of nitrogens with one attached hydrogen (secondary N) is 2. The number of rotatable bonds is 12. The summed E-state index contributed by atoms with van der Waals surface area (Å²) in [5.74, 6) is -0.150. The number of hydrogen-bond acceptors (Lipinski definition) is 5. The third kappa shape index (κ3) is 7.63. The number of fused-ring (bicyclic) bond motifs is 1. The van der Waals surface area contributed by atoms with Crippen molar-refractivity contribution in [3.05, 3.63) is 63.2 Å². The van der Waals surface area contributed by atoms with Crippen molar-refractivity contribution in [1.82, 2.24) is 14.9 Å². The molecule has 3 N–H and O–H groups in total. The minimum absolute atomic E-state index is 0.